The van der Waals surface area contributed by atoms with Crippen LogP contribution >= 0.6 is 20.4 Å². The van der Waals surface area contributed by atoms with Gasteiger partial charge in [0, 0.05) is 24.8 Å². The molecule has 0 rings (SSSR count). The molecule has 18 heavy (non-hydrogen) atoms. The van der Waals surface area contributed by atoms with Gasteiger partial charge in [-0.25, -0.2) is 4.79 Å². The molecule has 0 unspecified atom stereocenters. The van der Waals surface area contributed by atoms with Gasteiger partial charge in [0.05, 0.1) is 0 Å². The van der Waals surface area contributed by atoms with Crippen LogP contribution in [0.15, 0.2) is 0 Å². The molecule has 0 saturated heterocycles. The van der Waals surface area contributed by atoms with Gasteiger partial charge in [-0.1, -0.05) is 0 Å². The molecule has 0 aliphatic carbocycles. The van der Waals surface area contributed by atoms with Gasteiger partial charge in [0.15, 0.2) is 5.60 Å². The predicted octanol–water partition coefficient (Wildman–Crippen LogP) is -8.53. The molecule has 0 saturated carbocycles. The fourth-order valence-corrected chi connectivity index (χ4v) is 0.691. The molecule has 0 amide bonds. The molecule has 98 valence electrons. The zero-order valence-electron chi connectivity index (χ0n) is 9.42. The van der Waals surface area contributed by atoms with Crippen molar-refractivity contribution in [3.8, 4) is 0 Å². The summed E-state index contributed by atoms with van der Waals surface area (Å²) >= 11 is 0.569. The third kappa shape index (κ3) is 15.5. The Hall–Kier alpha value is 1.44. The number of rotatable bonds is 5. The second-order valence-electron chi connectivity index (χ2n) is 2.48. The molecule has 2 N–H and O–H groups in total. The van der Waals surface area contributed by atoms with Gasteiger partial charge in [-0.2, -0.15) is 0 Å². The maximum atomic E-state index is 10.3. The first-order valence-electron chi connectivity index (χ1n) is 3.37. The summed E-state index contributed by atoms with van der Waals surface area (Å²) in [5.74, 6) is -5.65. The molecular formula is C6H6Cl2Na2NiO7. The van der Waals surface area contributed by atoms with Crippen LogP contribution in [0.2, 0.25) is 0 Å². The van der Waals surface area contributed by atoms with E-state index in [4.69, 9.17) is 30.6 Å². The molecule has 0 atom stereocenters. The Bertz CT molecular complexity index is 263. The van der Waals surface area contributed by atoms with Crippen molar-refractivity contribution >= 4 is 38.3 Å². The minimum Gasteiger partial charge on any atom is 1.00 e. The van der Waals surface area contributed by atoms with E-state index in [1.165, 1.54) is 0 Å². The number of carbonyl (C=O) groups is 3. The van der Waals surface area contributed by atoms with Crippen molar-refractivity contribution in [3.05, 3.63) is 0 Å². The molecule has 0 aliphatic heterocycles. The number of halogens is 2. The molecule has 0 heterocycles. The van der Waals surface area contributed by atoms with Crippen molar-refractivity contribution < 1.29 is 107 Å². The minimum atomic E-state index is -2.86. The van der Waals surface area contributed by atoms with Gasteiger partial charge in [-0.3, -0.25) is 0 Å². The van der Waals surface area contributed by atoms with Crippen molar-refractivity contribution in [2.24, 2.45) is 0 Å². The molecule has 0 bridgehead atoms. The average molecular weight is 366 g/mol. The normalized spacial score (nSPS) is 9.06. The minimum absolute atomic E-state index is 0. The van der Waals surface area contributed by atoms with Crippen molar-refractivity contribution in [3.63, 3.8) is 0 Å². The zero-order valence-corrected chi connectivity index (χ0v) is 15.9. The second-order valence-corrected chi connectivity index (χ2v) is 4.11. The fraction of sp³-hybridized carbons (Fsp3) is 0.500. The van der Waals surface area contributed by atoms with E-state index in [0.29, 0.717) is 12.7 Å². The summed E-state index contributed by atoms with van der Waals surface area (Å²) in [5, 5.41) is 37.2. The Morgan fingerprint density at radius 2 is 1.28 bits per heavy atom. The summed E-state index contributed by atoms with van der Waals surface area (Å²) < 4.78 is 0. The van der Waals surface area contributed by atoms with Crippen molar-refractivity contribution in [1.82, 2.24) is 0 Å². The molecule has 12 heteroatoms. The summed E-state index contributed by atoms with van der Waals surface area (Å²) in [4.78, 5) is 30.2. The molecule has 0 fully saturated rings. The Morgan fingerprint density at radius 3 is 1.39 bits per heavy atom. The van der Waals surface area contributed by atoms with Crippen LogP contribution < -0.4 is 69.3 Å². The summed E-state index contributed by atoms with van der Waals surface area (Å²) in [7, 11) is 9.40. The van der Waals surface area contributed by atoms with E-state index in [-0.39, 0.29) is 59.1 Å². The Kier molecular flexibility index (Phi) is 22.9. The maximum Gasteiger partial charge on any atom is 1.00 e. The van der Waals surface area contributed by atoms with E-state index in [1.807, 2.05) is 0 Å². The summed E-state index contributed by atoms with van der Waals surface area (Å²) in [5.41, 5.74) is -2.86. The smallest absolute Gasteiger partial charge is 1.00 e. The predicted molar refractivity (Wildman–Crippen MR) is 43.5 cm³/mol. The van der Waals surface area contributed by atoms with Crippen molar-refractivity contribution in [1.29, 1.82) is 0 Å². The maximum absolute atomic E-state index is 10.3. The SMILES string of the molecule is O=C([O-])CC(O)(CC(=O)[O-])C(=O)O.[Cl][Ni][Cl].[Na+].[Na+]. The van der Waals surface area contributed by atoms with Crippen LogP contribution in [0.3, 0.4) is 0 Å². The van der Waals surface area contributed by atoms with Crippen molar-refractivity contribution in [2.45, 2.75) is 18.4 Å². The molecule has 0 aromatic carbocycles. The standard InChI is InChI=1S/C6H8O7.2ClH.2Na.Ni/c7-3(8)1-6(13,5(11)12)2-4(9)10;;;;;/h13H,1-2H2,(H,7,8)(H,9,10)(H,11,12);2*1H;;;/q;;;2*+1;+2/p-4. The first kappa shape index (κ1) is 27.7. The Balaban J connectivity index is -0.000000177. The number of aliphatic hydroxyl groups is 1. The zero-order chi connectivity index (χ0) is 13.4. The van der Waals surface area contributed by atoms with Crippen LogP contribution in [0, 0.1) is 0 Å². The molecule has 0 spiro atoms. The number of carboxylic acid groups (broad SMARTS) is 3. The second kappa shape index (κ2) is 14.8. The van der Waals surface area contributed by atoms with E-state index in [9.17, 15) is 24.6 Å². The largest absolute Gasteiger partial charge is 1.00 e. The first-order chi connectivity index (χ1) is 7.19. The van der Waals surface area contributed by atoms with E-state index in [1.54, 1.807) is 0 Å². The number of hydrogen-bond donors (Lipinski definition) is 2. The van der Waals surface area contributed by atoms with E-state index >= 15 is 0 Å². The number of aliphatic carboxylic acids is 3. The van der Waals surface area contributed by atoms with Gasteiger partial charge in [0.2, 0.25) is 0 Å². The van der Waals surface area contributed by atoms with Gasteiger partial charge in [-0.15, -0.1) is 0 Å². The van der Waals surface area contributed by atoms with E-state index in [2.05, 4.69) is 0 Å². The van der Waals surface area contributed by atoms with E-state index < -0.39 is 36.4 Å². The van der Waals surface area contributed by atoms with Gasteiger partial charge in [0.1, 0.15) is 0 Å². The van der Waals surface area contributed by atoms with Crippen LogP contribution in [-0.4, -0.2) is 33.7 Å². The van der Waals surface area contributed by atoms with Gasteiger partial charge in [-0.05, 0) is 0 Å². The molecule has 0 aromatic heterocycles. The van der Waals surface area contributed by atoms with Crippen LogP contribution in [-0.2, 0) is 27.0 Å². The van der Waals surface area contributed by atoms with Gasteiger partial charge in [0.25, 0.3) is 0 Å². The Labute approximate surface area is 161 Å². The molecule has 0 aliphatic rings. The molecule has 0 radical (unpaired) electrons. The van der Waals surface area contributed by atoms with Crippen LogP contribution in [0.1, 0.15) is 12.8 Å². The van der Waals surface area contributed by atoms with Gasteiger partial charge < -0.3 is 30.0 Å². The molecular weight excluding hydrogens is 360 g/mol. The molecule has 0 aromatic rings. The average Bonchev–Trinajstić information content (AvgIpc) is 2.01. The van der Waals surface area contributed by atoms with Crippen LogP contribution in [0.5, 0.6) is 0 Å². The third-order valence-electron chi connectivity index (χ3n) is 1.27. The fourth-order valence-electron chi connectivity index (χ4n) is 0.691. The first-order valence-corrected chi connectivity index (χ1v) is 6.09. The summed E-state index contributed by atoms with van der Waals surface area (Å²) in [6, 6.07) is 0. The number of carbonyl (C=O) groups excluding carboxylic acids is 2. The van der Waals surface area contributed by atoms with Crippen LogP contribution in [0.4, 0.5) is 0 Å². The van der Waals surface area contributed by atoms with E-state index in [0.717, 1.165) is 0 Å². The molecule has 7 nitrogen and oxygen atoms in total. The van der Waals surface area contributed by atoms with Gasteiger partial charge >= 0.3 is 98.1 Å². The third-order valence-corrected chi connectivity index (χ3v) is 1.27. The number of carboxylic acids is 3. The van der Waals surface area contributed by atoms with Crippen LogP contribution in [0.25, 0.3) is 0 Å². The number of hydrogen-bond acceptors (Lipinski definition) is 6. The summed E-state index contributed by atoms with van der Waals surface area (Å²) in [6.07, 6.45) is -2.59. The van der Waals surface area contributed by atoms with Crippen molar-refractivity contribution in [2.75, 3.05) is 0 Å². The topological polar surface area (TPSA) is 138 Å². The quantitative estimate of drug-likeness (QED) is 0.461. The monoisotopic (exact) mass is 364 g/mol. The Morgan fingerprint density at radius 1 is 1.06 bits per heavy atom. The summed E-state index contributed by atoms with van der Waals surface area (Å²) in [6.45, 7) is 0.